The first kappa shape index (κ1) is 18.3. The molecule has 8 heteroatoms. The summed E-state index contributed by atoms with van der Waals surface area (Å²) in [7, 11) is 0. The maximum atomic E-state index is 12.6. The van der Waals surface area contributed by atoms with E-state index < -0.39 is 11.0 Å². The number of benzene rings is 2. The summed E-state index contributed by atoms with van der Waals surface area (Å²) in [5, 5.41) is 23.8. The first-order valence-corrected chi connectivity index (χ1v) is 8.26. The molecule has 0 saturated carbocycles. The fourth-order valence-corrected chi connectivity index (χ4v) is 2.64. The third kappa shape index (κ3) is 4.01. The lowest BCUT2D eigenvalue weighted by atomic mass is 10.1. The van der Waals surface area contributed by atoms with Gasteiger partial charge in [-0.05, 0) is 24.6 Å². The van der Waals surface area contributed by atoms with Crippen molar-refractivity contribution in [2.75, 3.05) is 6.54 Å². The molecule has 3 rings (SSSR count). The summed E-state index contributed by atoms with van der Waals surface area (Å²) in [5.41, 5.74) is 1.84. The standard InChI is InChI=1S/C19H18N4O4/c1-13-17(11-20-12-18(24)14-5-3-2-4-6-14)19(25)22(21-13)15-7-9-16(10-8-15)23(26)27/h2-11,18,21,24H,12H2,1H3. The fourth-order valence-electron chi connectivity index (χ4n) is 2.64. The molecule has 0 aliphatic heterocycles. The largest absolute Gasteiger partial charge is 0.386 e. The number of aliphatic hydroxyl groups is 1. The number of aromatic nitrogens is 2. The lowest BCUT2D eigenvalue weighted by molar-refractivity contribution is -0.384. The maximum absolute atomic E-state index is 12.6. The summed E-state index contributed by atoms with van der Waals surface area (Å²) in [6.45, 7) is 1.86. The van der Waals surface area contributed by atoms with E-state index in [1.165, 1.54) is 35.2 Å². The molecule has 1 atom stereocenters. The van der Waals surface area contributed by atoms with Crippen LogP contribution in [0.2, 0.25) is 0 Å². The summed E-state index contributed by atoms with van der Waals surface area (Å²) in [6.07, 6.45) is 0.681. The quantitative estimate of drug-likeness (QED) is 0.396. The highest BCUT2D eigenvalue weighted by Gasteiger charge is 2.12. The average Bonchev–Trinajstić information content (AvgIpc) is 2.97. The monoisotopic (exact) mass is 366 g/mol. The van der Waals surface area contributed by atoms with Crippen molar-refractivity contribution in [2.45, 2.75) is 13.0 Å². The Bertz CT molecular complexity index is 1020. The molecule has 0 saturated heterocycles. The van der Waals surface area contributed by atoms with Crippen LogP contribution in [0.15, 0.2) is 64.4 Å². The van der Waals surface area contributed by atoms with Crippen LogP contribution in [0.5, 0.6) is 0 Å². The average molecular weight is 366 g/mol. The van der Waals surface area contributed by atoms with Crippen molar-refractivity contribution in [3.05, 3.63) is 91.9 Å². The number of rotatable bonds is 6. The number of aromatic amines is 1. The van der Waals surface area contributed by atoms with E-state index in [2.05, 4.69) is 10.1 Å². The number of nitrogens with zero attached hydrogens (tertiary/aromatic N) is 3. The van der Waals surface area contributed by atoms with Crippen LogP contribution < -0.4 is 5.56 Å². The van der Waals surface area contributed by atoms with E-state index >= 15 is 0 Å². The Hall–Kier alpha value is -3.52. The Morgan fingerprint density at radius 1 is 1.22 bits per heavy atom. The van der Waals surface area contributed by atoms with Crippen molar-refractivity contribution in [3.63, 3.8) is 0 Å². The smallest absolute Gasteiger partial charge is 0.280 e. The van der Waals surface area contributed by atoms with Crippen LogP contribution in [-0.4, -0.2) is 32.6 Å². The lowest BCUT2D eigenvalue weighted by Crippen LogP contribution is -2.17. The highest BCUT2D eigenvalue weighted by molar-refractivity contribution is 5.80. The minimum absolute atomic E-state index is 0.0493. The zero-order valence-corrected chi connectivity index (χ0v) is 14.6. The number of H-pyrrole nitrogens is 1. The highest BCUT2D eigenvalue weighted by Crippen LogP contribution is 2.15. The Labute approximate surface area is 154 Å². The number of aliphatic hydroxyl groups excluding tert-OH is 1. The molecule has 0 aliphatic rings. The van der Waals surface area contributed by atoms with Crippen molar-refractivity contribution in [1.82, 2.24) is 9.78 Å². The molecule has 8 nitrogen and oxygen atoms in total. The zero-order chi connectivity index (χ0) is 19.4. The van der Waals surface area contributed by atoms with Gasteiger partial charge in [-0.25, -0.2) is 4.68 Å². The molecule has 3 aromatic rings. The molecular weight excluding hydrogens is 348 g/mol. The van der Waals surface area contributed by atoms with Crippen LogP contribution in [0.25, 0.3) is 5.69 Å². The summed E-state index contributed by atoms with van der Waals surface area (Å²) >= 11 is 0. The molecule has 0 spiro atoms. The molecule has 1 aromatic heterocycles. The van der Waals surface area contributed by atoms with E-state index in [0.29, 0.717) is 16.9 Å². The van der Waals surface area contributed by atoms with Crippen molar-refractivity contribution in [3.8, 4) is 5.69 Å². The first-order valence-electron chi connectivity index (χ1n) is 8.26. The summed E-state index contributed by atoms with van der Waals surface area (Å²) in [5.74, 6) is 0. The van der Waals surface area contributed by atoms with Gasteiger partial charge >= 0.3 is 0 Å². The Balaban J connectivity index is 1.79. The minimum atomic E-state index is -0.751. The third-order valence-corrected chi connectivity index (χ3v) is 4.12. The van der Waals surface area contributed by atoms with E-state index in [-0.39, 0.29) is 17.8 Å². The predicted octanol–water partition coefficient (Wildman–Crippen LogP) is 2.53. The van der Waals surface area contributed by atoms with Crippen LogP contribution in [0.1, 0.15) is 22.9 Å². The van der Waals surface area contributed by atoms with Gasteiger partial charge < -0.3 is 5.11 Å². The van der Waals surface area contributed by atoms with E-state index in [0.717, 1.165) is 5.56 Å². The summed E-state index contributed by atoms with van der Waals surface area (Å²) in [4.78, 5) is 27.0. The van der Waals surface area contributed by atoms with E-state index in [1.54, 1.807) is 6.92 Å². The number of nitrogens with one attached hydrogen (secondary N) is 1. The van der Waals surface area contributed by atoms with Gasteiger partial charge in [0.25, 0.3) is 11.2 Å². The van der Waals surface area contributed by atoms with Crippen LogP contribution in [0, 0.1) is 17.0 Å². The lowest BCUT2D eigenvalue weighted by Gasteiger charge is -2.06. The van der Waals surface area contributed by atoms with Gasteiger partial charge in [-0.1, -0.05) is 30.3 Å². The molecule has 0 fully saturated rings. The van der Waals surface area contributed by atoms with E-state index in [4.69, 9.17) is 0 Å². The van der Waals surface area contributed by atoms with E-state index in [9.17, 15) is 20.0 Å². The molecule has 1 unspecified atom stereocenters. The first-order chi connectivity index (χ1) is 13.0. The van der Waals surface area contributed by atoms with Gasteiger partial charge in [0.1, 0.15) is 0 Å². The molecule has 2 aromatic carbocycles. The zero-order valence-electron chi connectivity index (χ0n) is 14.6. The van der Waals surface area contributed by atoms with Gasteiger partial charge in [0.05, 0.1) is 28.8 Å². The van der Waals surface area contributed by atoms with Gasteiger partial charge in [-0.15, -0.1) is 0 Å². The minimum Gasteiger partial charge on any atom is -0.386 e. The van der Waals surface area contributed by atoms with Crippen LogP contribution in [0.3, 0.4) is 0 Å². The molecular formula is C19H18N4O4. The number of nitro benzene ring substituents is 1. The molecule has 27 heavy (non-hydrogen) atoms. The number of hydrogen-bond acceptors (Lipinski definition) is 5. The molecule has 1 heterocycles. The van der Waals surface area contributed by atoms with Gasteiger partial charge in [-0.2, -0.15) is 0 Å². The van der Waals surface area contributed by atoms with Crippen molar-refractivity contribution < 1.29 is 10.0 Å². The second kappa shape index (κ2) is 7.79. The molecule has 0 aliphatic carbocycles. The van der Waals surface area contributed by atoms with Crippen molar-refractivity contribution >= 4 is 11.9 Å². The van der Waals surface area contributed by atoms with Gasteiger partial charge in [0.15, 0.2) is 0 Å². The number of hydrogen-bond donors (Lipinski definition) is 2. The van der Waals surface area contributed by atoms with Gasteiger partial charge in [0.2, 0.25) is 0 Å². The van der Waals surface area contributed by atoms with Gasteiger partial charge in [0, 0.05) is 24.0 Å². The Kier molecular flexibility index (Phi) is 5.28. The van der Waals surface area contributed by atoms with Crippen molar-refractivity contribution in [2.24, 2.45) is 4.99 Å². The molecule has 0 amide bonds. The fraction of sp³-hybridized carbons (Fsp3) is 0.158. The molecule has 0 bridgehead atoms. The second-order valence-electron chi connectivity index (χ2n) is 5.99. The van der Waals surface area contributed by atoms with Crippen LogP contribution in [-0.2, 0) is 0 Å². The molecule has 2 N–H and O–H groups in total. The number of nitro groups is 1. The predicted molar refractivity (Wildman–Crippen MR) is 102 cm³/mol. The SMILES string of the molecule is Cc1[nH]n(-c2ccc([N+](=O)[O-])cc2)c(=O)c1C=NCC(O)c1ccccc1. The van der Waals surface area contributed by atoms with E-state index in [1.807, 2.05) is 30.3 Å². The summed E-state index contributed by atoms with van der Waals surface area (Å²) in [6, 6.07) is 14.8. The number of aliphatic imine (C=N–C) groups is 1. The summed E-state index contributed by atoms with van der Waals surface area (Å²) < 4.78 is 1.30. The highest BCUT2D eigenvalue weighted by atomic mass is 16.6. The molecule has 138 valence electrons. The number of aryl methyl sites for hydroxylation is 1. The van der Waals surface area contributed by atoms with Crippen LogP contribution in [0.4, 0.5) is 5.69 Å². The third-order valence-electron chi connectivity index (χ3n) is 4.12. The maximum Gasteiger partial charge on any atom is 0.280 e. The normalized spacial score (nSPS) is 12.4. The van der Waals surface area contributed by atoms with Crippen molar-refractivity contribution in [1.29, 1.82) is 0 Å². The molecule has 0 radical (unpaired) electrons. The second-order valence-corrected chi connectivity index (χ2v) is 5.99. The number of non-ortho nitro benzene ring substituents is 1. The van der Waals surface area contributed by atoms with Crippen LogP contribution >= 0.6 is 0 Å². The Morgan fingerprint density at radius 3 is 2.52 bits per heavy atom. The Morgan fingerprint density at radius 2 is 1.89 bits per heavy atom. The van der Waals surface area contributed by atoms with Gasteiger partial charge in [-0.3, -0.25) is 25.0 Å². The topological polar surface area (TPSA) is 114 Å².